The first-order chi connectivity index (χ1) is 10.2. The van der Waals surface area contributed by atoms with Gasteiger partial charge in [0.2, 0.25) is 0 Å². The molecule has 3 heteroatoms. The summed E-state index contributed by atoms with van der Waals surface area (Å²) in [4.78, 5) is 0. The summed E-state index contributed by atoms with van der Waals surface area (Å²) < 4.78 is 12.8. The Kier molecular flexibility index (Phi) is 5.90. The topological polar surface area (TPSA) is 32.3 Å². The van der Waals surface area contributed by atoms with E-state index in [4.69, 9.17) is 5.11 Å². The van der Waals surface area contributed by atoms with Crippen molar-refractivity contribution >= 4 is 0 Å². The van der Waals surface area contributed by atoms with Crippen LogP contribution < -0.4 is 5.32 Å². The van der Waals surface area contributed by atoms with E-state index in [0.29, 0.717) is 6.04 Å². The standard InChI is InChI=1S/C18H22FNO/c1-14(12-16-6-8-18(19)9-7-16)20-11-10-15-2-4-17(13-21)5-3-15/h2-9,14,20-21H,10-13H2,1H3. The maximum atomic E-state index is 12.8. The zero-order chi connectivity index (χ0) is 15.1. The van der Waals surface area contributed by atoms with Crippen LogP contribution in [0.1, 0.15) is 23.6 Å². The number of nitrogens with one attached hydrogen (secondary N) is 1. The van der Waals surface area contributed by atoms with Crippen LogP contribution in [0.4, 0.5) is 4.39 Å². The zero-order valence-electron chi connectivity index (χ0n) is 12.3. The molecular formula is C18H22FNO. The fourth-order valence-electron chi connectivity index (χ4n) is 2.32. The van der Waals surface area contributed by atoms with Crippen molar-refractivity contribution < 1.29 is 9.50 Å². The molecule has 0 bridgehead atoms. The largest absolute Gasteiger partial charge is 0.392 e. The Morgan fingerprint density at radius 1 is 0.952 bits per heavy atom. The van der Waals surface area contributed by atoms with E-state index < -0.39 is 0 Å². The van der Waals surface area contributed by atoms with Crippen LogP contribution in [-0.2, 0) is 19.4 Å². The quantitative estimate of drug-likeness (QED) is 0.820. The first-order valence-corrected chi connectivity index (χ1v) is 7.34. The number of benzene rings is 2. The highest BCUT2D eigenvalue weighted by atomic mass is 19.1. The van der Waals surface area contributed by atoms with E-state index in [1.54, 1.807) is 0 Å². The van der Waals surface area contributed by atoms with E-state index >= 15 is 0 Å². The van der Waals surface area contributed by atoms with Gasteiger partial charge in [-0.1, -0.05) is 36.4 Å². The summed E-state index contributed by atoms with van der Waals surface area (Å²) in [6.07, 6.45) is 1.85. The average Bonchev–Trinajstić information content (AvgIpc) is 2.50. The van der Waals surface area contributed by atoms with Crippen molar-refractivity contribution in [1.82, 2.24) is 5.32 Å². The lowest BCUT2D eigenvalue weighted by molar-refractivity contribution is 0.282. The number of hydrogen-bond donors (Lipinski definition) is 2. The van der Waals surface area contributed by atoms with Crippen LogP contribution in [0.15, 0.2) is 48.5 Å². The Morgan fingerprint density at radius 3 is 2.14 bits per heavy atom. The second-order valence-electron chi connectivity index (χ2n) is 5.41. The molecule has 0 amide bonds. The monoisotopic (exact) mass is 287 g/mol. The molecule has 2 N–H and O–H groups in total. The lowest BCUT2D eigenvalue weighted by Gasteiger charge is -2.14. The number of hydrogen-bond acceptors (Lipinski definition) is 2. The lowest BCUT2D eigenvalue weighted by Crippen LogP contribution is -2.29. The van der Waals surface area contributed by atoms with Gasteiger partial charge in [0, 0.05) is 6.04 Å². The molecule has 0 aliphatic heterocycles. The van der Waals surface area contributed by atoms with Gasteiger partial charge in [0.1, 0.15) is 5.82 Å². The molecule has 2 aromatic carbocycles. The van der Waals surface area contributed by atoms with Gasteiger partial charge in [-0.3, -0.25) is 0 Å². The Labute approximate surface area is 125 Å². The SMILES string of the molecule is CC(Cc1ccc(F)cc1)NCCc1ccc(CO)cc1. The molecule has 0 aliphatic rings. The molecule has 1 atom stereocenters. The van der Waals surface area contributed by atoms with Crippen molar-refractivity contribution in [1.29, 1.82) is 0 Å². The Hall–Kier alpha value is -1.71. The summed E-state index contributed by atoms with van der Waals surface area (Å²) >= 11 is 0. The molecule has 0 heterocycles. The normalized spacial score (nSPS) is 12.3. The van der Waals surface area contributed by atoms with Crippen LogP contribution in [0.5, 0.6) is 0 Å². The van der Waals surface area contributed by atoms with E-state index in [0.717, 1.165) is 30.5 Å². The maximum Gasteiger partial charge on any atom is 0.123 e. The van der Waals surface area contributed by atoms with Gasteiger partial charge in [0.25, 0.3) is 0 Å². The molecule has 0 aliphatic carbocycles. The highest BCUT2D eigenvalue weighted by molar-refractivity contribution is 5.22. The van der Waals surface area contributed by atoms with Crippen LogP contribution in [-0.4, -0.2) is 17.7 Å². The van der Waals surface area contributed by atoms with Gasteiger partial charge < -0.3 is 10.4 Å². The second-order valence-corrected chi connectivity index (χ2v) is 5.41. The zero-order valence-corrected chi connectivity index (χ0v) is 12.3. The fourth-order valence-corrected chi connectivity index (χ4v) is 2.32. The highest BCUT2D eigenvalue weighted by Crippen LogP contribution is 2.07. The molecule has 1 unspecified atom stereocenters. The summed E-state index contributed by atoms with van der Waals surface area (Å²) in [6.45, 7) is 3.13. The van der Waals surface area contributed by atoms with E-state index in [1.165, 1.54) is 17.7 Å². The minimum atomic E-state index is -0.189. The maximum absolute atomic E-state index is 12.8. The number of aliphatic hydroxyl groups excluding tert-OH is 1. The Morgan fingerprint density at radius 2 is 1.52 bits per heavy atom. The molecule has 0 spiro atoms. The minimum absolute atomic E-state index is 0.0905. The second kappa shape index (κ2) is 7.91. The lowest BCUT2D eigenvalue weighted by atomic mass is 10.1. The van der Waals surface area contributed by atoms with E-state index in [1.807, 2.05) is 24.3 Å². The first-order valence-electron chi connectivity index (χ1n) is 7.34. The molecular weight excluding hydrogens is 265 g/mol. The fraction of sp³-hybridized carbons (Fsp3) is 0.333. The number of aliphatic hydroxyl groups is 1. The molecule has 2 rings (SSSR count). The highest BCUT2D eigenvalue weighted by Gasteiger charge is 2.03. The first kappa shape index (κ1) is 15.7. The van der Waals surface area contributed by atoms with Crippen molar-refractivity contribution in [2.24, 2.45) is 0 Å². The summed E-state index contributed by atoms with van der Waals surface area (Å²) in [5, 5.41) is 12.5. The van der Waals surface area contributed by atoms with Crippen LogP contribution in [0.2, 0.25) is 0 Å². The van der Waals surface area contributed by atoms with E-state index in [2.05, 4.69) is 24.4 Å². The van der Waals surface area contributed by atoms with Crippen LogP contribution in [0.25, 0.3) is 0 Å². The van der Waals surface area contributed by atoms with E-state index in [-0.39, 0.29) is 12.4 Å². The predicted molar refractivity (Wildman–Crippen MR) is 83.6 cm³/mol. The molecule has 112 valence electrons. The smallest absolute Gasteiger partial charge is 0.123 e. The Bertz CT molecular complexity index is 536. The van der Waals surface area contributed by atoms with Gasteiger partial charge in [-0.25, -0.2) is 4.39 Å². The van der Waals surface area contributed by atoms with Crippen molar-refractivity contribution in [2.45, 2.75) is 32.4 Å². The molecule has 2 aromatic rings. The predicted octanol–water partition coefficient (Wildman–Crippen LogP) is 3.08. The summed E-state index contributed by atoms with van der Waals surface area (Å²) in [7, 11) is 0. The molecule has 0 saturated carbocycles. The number of rotatable bonds is 7. The van der Waals surface area contributed by atoms with Gasteiger partial charge in [-0.2, -0.15) is 0 Å². The van der Waals surface area contributed by atoms with Gasteiger partial charge in [0.05, 0.1) is 6.61 Å². The van der Waals surface area contributed by atoms with Crippen LogP contribution in [0.3, 0.4) is 0 Å². The van der Waals surface area contributed by atoms with E-state index in [9.17, 15) is 4.39 Å². The number of halogens is 1. The minimum Gasteiger partial charge on any atom is -0.392 e. The van der Waals surface area contributed by atoms with Gasteiger partial charge in [-0.15, -0.1) is 0 Å². The third-order valence-corrected chi connectivity index (χ3v) is 3.57. The van der Waals surface area contributed by atoms with Gasteiger partial charge in [0.15, 0.2) is 0 Å². The summed E-state index contributed by atoms with van der Waals surface area (Å²) in [6, 6.07) is 15.1. The van der Waals surface area contributed by atoms with Crippen molar-refractivity contribution in [3.8, 4) is 0 Å². The Balaban J connectivity index is 1.73. The molecule has 0 aromatic heterocycles. The third-order valence-electron chi connectivity index (χ3n) is 3.57. The molecule has 21 heavy (non-hydrogen) atoms. The average molecular weight is 287 g/mol. The summed E-state index contributed by atoms with van der Waals surface area (Å²) in [5.74, 6) is -0.189. The van der Waals surface area contributed by atoms with Gasteiger partial charge in [-0.05, 0) is 55.1 Å². The van der Waals surface area contributed by atoms with Gasteiger partial charge >= 0.3 is 0 Å². The summed E-state index contributed by atoms with van der Waals surface area (Å²) in [5.41, 5.74) is 3.34. The third kappa shape index (κ3) is 5.29. The van der Waals surface area contributed by atoms with Crippen molar-refractivity contribution in [2.75, 3.05) is 6.54 Å². The molecule has 0 saturated heterocycles. The molecule has 0 fully saturated rings. The van der Waals surface area contributed by atoms with Crippen LogP contribution >= 0.6 is 0 Å². The molecule has 2 nitrogen and oxygen atoms in total. The van der Waals surface area contributed by atoms with Crippen molar-refractivity contribution in [3.05, 3.63) is 71.0 Å². The van der Waals surface area contributed by atoms with Crippen LogP contribution in [0, 0.1) is 5.82 Å². The molecule has 0 radical (unpaired) electrons. The van der Waals surface area contributed by atoms with Crippen molar-refractivity contribution in [3.63, 3.8) is 0 Å².